The van der Waals surface area contributed by atoms with Gasteiger partial charge in [-0.3, -0.25) is 4.79 Å². The summed E-state index contributed by atoms with van der Waals surface area (Å²) in [7, 11) is 4.42. The molecule has 0 aliphatic rings. The lowest BCUT2D eigenvalue weighted by atomic mass is 10.0. The summed E-state index contributed by atoms with van der Waals surface area (Å²) in [5.41, 5.74) is 2.61. The zero-order valence-corrected chi connectivity index (χ0v) is 26.2. The lowest BCUT2D eigenvalue weighted by molar-refractivity contribution is -0.903. The largest absolute Gasteiger partial charge is 0.455 e. The Balaban J connectivity index is 1.60. The van der Waals surface area contributed by atoms with E-state index in [0.717, 1.165) is 36.2 Å². The van der Waals surface area contributed by atoms with E-state index < -0.39 is 6.29 Å². The maximum atomic E-state index is 12.5. The van der Waals surface area contributed by atoms with Crippen molar-refractivity contribution in [3.05, 3.63) is 65.7 Å². The molecule has 224 valence electrons. The number of esters is 1. The van der Waals surface area contributed by atoms with Gasteiger partial charge in [0.2, 0.25) is 6.29 Å². The van der Waals surface area contributed by atoms with Crippen molar-refractivity contribution in [2.24, 2.45) is 0 Å². The average Bonchev–Trinajstić information content (AvgIpc) is 2.93. The standard InChI is InChI=1S/C36H58NO3/c1-5-7-8-9-10-11-12-13-14-15-16-18-23-32-26-21-27-34(30-32)39-36(6-2)40-35(38)28-22-29-37(3,4)31-33-24-19-17-20-25-33/h17,19-21,24-27,30,36H,5-16,18,22-23,28-29,31H2,1-4H3/q+1. The van der Waals surface area contributed by atoms with Crippen molar-refractivity contribution in [1.29, 1.82) is 0 Å². The molecule has 4 heteroatoms. The van der Waals surface area contributed by atoms with Gasteiger partial charge >= 0.3 is 5.97 Å². The smallest absolute Gasteiger partial charge is 0.309 e. The molecule has 0 radical (unpaired) electrons. The third kappa shape index (κ3) is 16.1. The fraction of sp³-hybridized carbons (Fsp3) is 0.639. The minimum atomic E-state index is -0.541. The lowest BCUT2D eigenvalue weighted by Crippen LogP contribution is -2.39. The Morgan fingerprint density at radius 2 is 1.32 bits per heavy atom. The molecule has 1 atom stereocenters. The average molecular weight is 553 g/mol. The van der Waals surface area contributed by atoms with Crippen molar-refractivity contribution in [3.63, 3.8) is 0 Å². The van der Waals surface area contributed by atoms with Crippen molar-refractivity contribution in [3.8, 4) is 5.75 Å². The minimum Gasteiger partial charge on any atom is -0.455 e. The number of rotatable bonds is 23. The molecule has 0 spiro atoms. The molecule has 0 N–H and O–H groups in total. The van der Waals surface area contributed by atoms with Crippen LogP contribution in [0.3, 0.4) is 0 Å². The van der Waals surface area contributed by atoms with E-state index in [1.807, 2.05) is 25.1 Å². The number of benzene rings is 2. The van der Waals surface area contributed by atoms with Crippen LogP contribution in [-0.4, -0.2) is 37.4 Å². The molecule has 2 rings (SSSR count). The first-order valence-electron chi connectivity index (χ1n) is 16.2. The molecule has 0 aliphatic heterocycles. The van der Waals surface area contributed by atoms with Crippen LogP contribution in [0.5, 0.6) is 5.75 Å². The molecule has 2 aromatic carbocycles. The van der Waals surface area contributed by atoms with Crippen molar-refractivity contribution < 1.29 is 18.8 Å². The number of hydrogen-bond acceptors (Lipinski definition) is 3. The second-order valence-electron chi connectivity index (χ2n) is 12.1. The number of carbonyl (C=O) groups excluding carboxylic acids is 1. The van der Waals surface area contributed by atoms with E-state index >= 15 is 0 Å². The van der Waals surface area contributed by atoms with Gasteiger partial charge < -0.3 is 14.0 Å². The third-order valence-corrected chi connectivity index (χ3v) is 7.68. The fourth-order valence-electron chi connectivity index (χ4n) is 5.30. The van der Waals surface area contributed by atoms with E-state index in [2.05, 4.69) is 57.4 Å². The number of quaternary nitrogens is 1. The van der Waals surface area contributed by atoms with Crippen LogP contribution in [0.15, 0.2) is 54.6 Å². The monoisotopic (exact) mass is 552 g/mol. The number of hydrogen-bond donors (Lipinski definition) is 0. The van der Waals surface area contributed by atoms with E-state index in [0.29, 0.717) is 12.8 Å². The molecule has 40 heavy (non-hydrogen) atoms. The van der Waals surface area contributed by atoms with E-state index in [-0.39, 0.29) is 5.97 Å². The molecule has 0 fully saturated rings. The van der Waals surface area contributed by atoms with Gasteiger partial charge in [0.05, 0.1) is 27.1 Å². The Kier molecular flexibility index (Phi) is 17.4. The highest BCUT2D eigenvalue weighted by Gasteiger charge is 2.19. The molecular formula is C36H58NO3+. The highest BCUT2D eigenvalue weighted by molar-refractivity contribution is 5.69. The SMILES string of the molecule is CCCCCCCCCCCCCCc1cccc(OC(CC)OC(=O)CCC[N+](C)(C)Cc2ccccc2)c1. The second-order valence-corrected chi connectivity index (χ2v) is 12.1. The molecule has 0 heterocycles. The number of aryl methyl sites for hydroxylation is 1. The normalized spacial score (nSPS) is 12.3. The van der Waals surface area contributed by atoms with Crippen molar-refractivity contribution >= 4 is 5.97 Å². The molecule has 4 nitrogen and oxygen atoms in total. The summed E-state index contributed by atoms with van der Waals surface area (Å²) >= 11 is 0. The minimum absolute atomic E-state index is 0.181. The summed E-state index contributed by atoms with van der Waals surface area (Å²) in [6, 6.07) is 18.8. The van der Waals surface area contributed by atoms with Crippen LogP contribution in [0.1, 0.15) is 121 Å². The predicted octanol–water partition coefficient (Wildman–Crippen LogP) is 9.65. The Morgan fingerprint density at radius 1 is 0.725 bits per heavy atom. The van der Waals surface area contributed by atoms with Gasteiger partial charge in [-0.1, -0.05) is 127 Å². The molecule has 0 aliphatic carbocycles. The van der Waals surface area contributed by atoms with Crippen LogP contribution in [0.2, 0.25) is 0 Å². The van der Waals surface area contributed by atoms with E-state index in [1.165, 1.54) is 88.2 Å². The van der Waals surface area contributed by atoms with Gasteiger partial charge in [-0.25, -0.2) is 0 Å². The number of ether oxygens (including phenoxy) is 2. The van der Waals surface area contributed by atoms with Crippen LogP contribution in [-0.2, 0) is 22.5 Å². The molecule has 0 bridgehead atoms. The first kappa shape index (κ1) is 33.9. The van der Waals surface area contributed by atoms with Gasteiger partial charge in [-0.05, 0) is 30.5 Å². The van der Waals surface area contributed by atoms with Crippen LogP contribution in [0, 0.1) is 0 Å². The van der Waals surface area contributed by atoms with Crippen molar-refractivity contribution in [2.75, 3.05) is 20.6 Å². The number of carbonyl (C=O) groups is 1. The maximum Gasteiger partial charge on any atom is 0.309 e. The summed E-state index contributed by atoms with van der Waals surface area (Å²) in [6.07, 6.45) is 18.8. The van der Waals surface area contributed by atoms with Gasteiger partial charge in [0, 0.05) is 18.4 Å². The summed E-state index contributed by atoms with van der Waals surface area (Å²) in [4.78, 5) is 12.5. The van der Waals surface area contributed by atoms with Crippen LogP contribution in [0.25, 0.3) is 0 Å². The topological polar surface area (TPSA) is 35.5 Å². The Labute approximate surface area is 246 Å². The lowest BCUT2D eigenvalue weighted by Gasteiger charge is -2.30. The van der Waals surface area contributed by atoms with Crippen molar-refractivity contribution in [2.45, 2.75) is 129 Å². The first-order chi connectivity index (χ1) is 19.4. The Morgan fingerprint density at radius 3 is 1.95 bits per heavy atom. The van der Waals surface area contributed by atoms with Gasteiger partial charge in [0.15, 0.2) is 0 Å². The van der Waals surface area contributed by atoms with Crippen LogP contribution < -0.4 is 4.74 Å². The molecule has 0 saturated carbocycles. The quantitative estimate of drug-likeness (QED) is 0.0596. The van der Waals surface area contributed by atoms with Gasteiger partial charge in [-0.15, -0.1) is 0 Å². The third-order valence-electron chi connectivity index (χ3n) is 7.68. The number of unbranched alkanes of at least 4 members (excludes halogenated alkanes) is 11. The highest BCUT2D eigenvalue weighted by Crippen LogP contribution is 2.20. The fourth-order valence-corrected chi connectivity index (χ4v) is 5.30. The van der Waals surface area contributed by atoms with Gasteiger partial charge in [0.25, 0.3) is 0 Å². The molecule has 2 aromatic rings. The summed E-state index contributed by atoms with van der Waals surface area (Å²) in [6.45, 7) is 6.14. The van der Waals surface area contributed by atoms with Crippen LogP contribution in [0.4, 0.5) is 0 Å². The zero-order valence-electron chi connectivity index (χ0n) is 26.2. The Bertz CT molecular complexity index is 911. The molecule has 0 aromatic heterocycles. The summed E-state index contributed by atoms with van der Waals surface area (Å²) < 4.78 is 12.6. The Hall–Kier alpha value is -2.33. The molecule has 0 saturated heterocycles. The van der Waals surface area contributed by atoms with Gasteiger partial charge in [-0.2, -0.15) is 0 Å². The predicted molar refractivity (Wildman–Crippen MR) is 168 cm³/mol. The zero-order chi connectivity index (χ0) is 28.9. The maximum absolute atomic E-state index is 12.5. The number of nitrogens with zero attached hydrogens (tertiary/aromatic N) is 1. The first-order valence-corrected chi connectivity index (χ1v) is 16.2. The van der Waals surface area contributed by atoms with E-state index in [4.69, 9.17) is 9.47 Å². The summed E-state index contributed by atoms with van der Waals surface area (Å²) in [5.74, 6) is 0.607. The van der Waals surface area contributed by atoms with Crippen molar-refractivity contribution in [1.82, 2.24) is 0 Å². The van der Waals surface area contributed by atoms with Gasteiger partial charge in [0.1, 0.15) is 12.3 Å². The van der Waals surface area contributed by atoms with E-state index in [9.17, 15) is 4.79 Å². The summed E-state index contributed by atoms with van der Waals surface area (Å²) in [5, 5.41) is 0. The molecule has 0 amide bonds. The highest BCUT2D eigenvalue weighted by atomic mass is 16.7. The van der Waals surface area contributed by atoms with Crippen LogP contribution >= 0.6 is 0 Å². The second kappa shape index (κ2) is 20.5. The molecule has 1 unspecified atom stereocenters. The molecular weight excluding hydrogens is 494 g/mol. The van der Waals surface area contributed by atoms with E-state index in [1.54, 1.807) is 0 Å².